The Labute approximate surface area is 111 Å². The van der Waals surface area contributed by atoms with E-state index in [2.05, 4.69) is 44.3 Å². The molecule has 1 aliphatic heterocycles. The van der Waals surface area contributed by atoms with E-state index in [4.69, 9.17) is 4.74 Å². The Bertz CT molecular complexity index is 362. The van der Waals surface area contributed by atoms with Crippen LogP contribution in [0.1, 0.15) is 42.5 Å². The molecule has 1 heterocycles. The van der Waals surface area contributed by atoms with E-state index in [0.717, 1.165) is 25.7 Å². The SMILES string of the molecule is Cc1cc(C)cc(C(C)NCC2CCOCC2)c1. The Kier molecular flexibility index (Phi) is 4.79. The Morgan fingerprint density at radius 3 is 2.39 bits per heavy atom. The Balaban J connectivity index is 1.88. The molecule has 18 heavy (non-hydrogen) atoms. The maximum absolute atomic E-state index is 5.39. The van der Waals surface area contributed by atoms with Gasteiger partial charge in [-0.05, 0) is 51.6 Å². The molecule has 0 radical (unpaired) electrons. The van der Waals surface area contributed by atoms with Gasteiger partial charge < -0.3 is 10.1 Å². The fraction of sp³-hybridized carbons (Fsp3) is 0.625. The van der Waals surface area contributed by atoms with Crippen LogP contribution in [0.25, 0.3) is 0 Å². The summed E-state index contributed by atoms with van der Waals surface area (Å²) in [5.74, 6) is 0.784. The van der Waals surface area contributed by atoms with Gasteiger partial charge in [0, 0.05) is 19.3 Å². The first-order valence-electron chi connectivity index (χ1n) is 7.04. The van der Waals surface area contributed by atoms with E-state index in [9.17, 15) is 0 Å². The predicted molar refractivity (Wildman–Crippen MR) is 75.9 cm³/mol. The first kappa shape index (κ1) is 13.6. The topological polar surface area (TPSA) is 21.3 Å². The Hall–Kier alpha value is -0.860. The summed E-state index contributed by atoms with van der Waals surface area (Å²) in [4.78, 5) is 0. The van der Waals surface area contributed by atoms with Gasteiger partial charge in [-0.15, -0.1) is 0 Å². The van der Waals surface area contributed by atoms with Gasteiger partial charge in [-0.2, -0.15) is 0 Å². The van der Waals surface area contributed by atoms with Crippen LogP contribution >= 0.6 is 0 Å². The van der Waals surface area contributed by atoms with Gasteiger partial charge in [0.1, 0.15) is 0 Å². The number of hydrogen-bond donors (Lipinski definition) is 1. The van der Waals surface area contributed by atoms with Gasteiger partial charge >= 0.3 is 0 Å². The summed E-state index contributed by atoms with van der Waals surface area (Å²) in [6.07, 6.45) is 2.40. The summed E-state index contributed by atoms with van der Waals surface area (Å²) < 4.78 is 5.39. The summed E-state index contributed by atoms with van der Waals surface area (Å²) in [5, 5.41) is 3.67. The highest BCUT2D eigenvalue weighted by Crippen LogP contribution is 2.19. The molecular weight excluding hydrogens is 222 g/mol. The lowest BCUT2D eigenvalue weighted by atomic mass is 9.98. The molecule has 0 aromatic heterocycles. The van der Waals surface area contributed by atoms with Gasteiger partial charge in [-0.3, -0.25) is 0 Å². The fourth-order valence-electron chi connectivity index (χ4n) is 2.67. The van der Waals surface area contributed by atoms with Crippen molar-refractivity contribution in [2.45, 2.75) is 39.7 Å². The zero-order chi connectivity index (χ0) is 13.0. The van der Waals surface area contributed by atoms with E-state index in [-0.39, 0.29) is 0 Å². The van der Waals surface area contributed by atoms with Crippen LogP contribution in [-0.2, 0) is 4.74 Å². The molecule has 0 spiro atoms. The number of aryl methyl sites for hydroxylation is 2. The highest BCUT2D eigenvalue weighted by molar-refractivity contribution is 5.30. The molecule has 1 aromatic carbocycles. The quantitative estimate of drug-likeness (QED) is 0.880. The van der Waals surface area contributed by atoms with Crippen molar-refractivity contribution in [3.8, 4) is 0 Å². The fourth-order valence-corrected chi connectivity index (χ4v) is 2.67. The summed E-state index contributed by atoms with van der Waals surface area (Å²) in [7, 11) is 0. The average molecular weight is 247 g/mol. The molecule has 1 N–H and O–H groups in total. The molecule has 1 saturated heterocycles. The minimum Gasteiger partial charge on any atom is -0.381 e. The molecule has 2 heteroatoms. The van der Waals surface area contributed by atoms with Crippen LogP contribution in [0, 0.1) is 19.8 Å². The number of hydrogen-bond acceptors (Lipinski definition) is 2. The average Bonchev–Trinajstić information content (AvgIpc) is 2.36. The van der Waals surface area contributed by atoms with Crippen molar-refractivity contribution in [3.63, 3.8) is 0 Å². The summed E-state index contributed by atoms with van der Waals surface area (Å²) >= 11 is 0. The van der Waals surface area contributed by atoms with Crippen molar-refractivity contribution in [1.29, 1.82) is 0 Å². The standard InChI is InChI=1S/C16H25NO/c1-12-8-13(2)10-16(9-12)14(3)17-11-15-4-6-18-7-5-15/h8-10,14-15,17H,4-7,11H2,1-3H3. The lowest BCUT2D eigenvalue weighted by Gasteiger charge is -2.24. The summed E-state index contributed by atoms with van der Waals surface area (Å²) in [5.41, 5.74) is 4.11. The molecule has 1 unspecified atom stereocenters. The first-order valence-corrected chi connectivity index (χ1v) is 7.04. The summed E-state index contributed by atoms with van der Waals surface area (Å²) in [6.45, 7) is 9.57. The molecule has 0 amide bonds. The third-order valence-electron chi connectivity index (χ3n) is 3.80. The number of rotatable bonds is 4. The highest BCUT2D eigenvalue weighted by atomic mass is 16.5. The first-order chi connectivity index (χ1) is 8.65. The van der Waals surface area contributed by atoms with Gasteiger partial charge in [-0.1, -0.05) is 29.3 Å². The molecule has 0 aliphatic carbocycles. The second-order valence-corrected chi connectivity index (χ2v) is 5.61. The van der Waals surface area contributed by atoms with Crippen molar-refractivity contribution in [2.24, 2.45) is 5.92 Å². The van der Waals surface area contributed by atoms with Gasteiger partial charge in [0.2, 0.25) is 0 Å². The van der Waals surface area contributed by atoms with Crippen LogP contribution in [0.5, 0.6) is 0 Å². The molecule has 0 bridgehead atoms. The Morgan fingerprint density at radius 2 is 1.78 bits per heavy atom. The maximum atomic E-state index is 5.39. The van der Waals surface area contributed by atoms with Crippen LogP contribution in [0.4, 0.5) is 0 Å². The zero-order valence-electron chi connectivity index (χ0n) is 11.8. The highest BCUT2D eigenvalue weighted by Gasteiger charge is 2.15. The van der Waals surface area contributed by atoms with Gasteiger partial charge in [0.15, 0.2) is 0 Å². The lowest BCUT2D eigenvalue weighted by molar-refractivity contribution is 0.0656. The monoisotopic (exact) mass is 247 g/mol. The van der Waals surface area contributed by atoms with Crippen molar-refractivity contribution in [3.05, 3.63) is 34.9 Å². The molecule has 1 aliphatic rings. The summed E-state index contributed by atoms with van der Waals surface area (Å²) in [6, 6.07) is 7.24. The van der Waals surface area contributed by atoms with Gasteiger partial charge in [-0.25, -0.2) is 0 Å². The van der Waals surface area contributed by atoms with Crippen LogP contribution in [-0.4, -0.2) is 19.8 Å². The third-order valence-corrected chi connectivity index (χ3v) is 3.80. The van der Waals surface area contributed by atoms with Gasteiger partial charge in [0.25, 0.3) is 0 Å². The van der Waals surface area contributed by atoms with Crippen molar-refractivity contribution >= 4 is 0 Å². The van der Waals surface area contributed by atoms with E-state index in [1.807, 2.05) is 0 Å². The maximum Gasteiger partial charge on any atom is 0.0469 e. The van der Waals surface area contributed by atoms with Crippen LogP contribution in [0.15, 0.2) is 18.2 Å². The predicted octanol–water partition coefficient (Wildman–Crippen LogP) is 3.38. The molecule has 2 nitrogen and oxygen atoms in total. The molecule has 1 atom stereocenters. The van der Waals surface area contributed by atoms with Crippen LogP contribution in [0.2, 0.25) is 0 Å². The Morgan fingerprint density at radius 1 is 1.17 bits per heavy atom. The molecule has 1 aromatic rings. The number of benzene rings is 1. The number of nitrogens with one attached hydrogen (secondary N) is 1. The molecule has 0 saturated carbocycles. The van der Waals surface area contributed by atoms with Crippen molar-refractivity contribution in [1.82, 2.24) is 5.32 Å². The number of ether oxygens (including phenoxy) is 1. The van der Waals surface area contributed by atoms with E-state index >= 15 is 0 Å². The zero-order valence-corrected chi connectivity index (χ0v) is 11.8. The normalized spacial score (nSPS) is 18.8. The third kappa shape index (κ3) is 3.82. The largest absolute Gasteiger partial charge is 0.381 e. The smallest absolute Gasteiger partial charge is 0.0469 e. The van der Waals surface area contributed by atoms with Crippen molar-refractivity contribution < 1.29 is 4.74 Å². The molecule has 2 rings (SSSR count). The van der Waals surface area contributed by atoms with Crippen molar-refractivity contribution in [2.75, 3.05) is 19.8 Å². The van der Waals surface area contributed by atoms with E-state index < -0.39 is 0 Å². The minimum atomic E-state index is 0.437. The molecule has 100 valence electrons. The van der Waals surface area contributed by atoms with E-state index in [1.54, 1.807) is 0 Å². The minimum absolute atomic E-state index is 0.437. The second-order valence-electron chi connectivity index (χ2n) is 5.61. The molecule has 1 fully saturated rings. The van der Waals surface area contributed by atoms with Crippen LogP contribution in [0.3, 0.4) is 0 Å². The lowest BCUT2D eigenvalue weighted by Crippen LogP contribution is -2.29. The second kappa shape index (κ2) is 6.35. The molecular formula is C16H25NO. The van der Waals surface area contributed by atoms with E-state index in [1.165, 1.54) is 29.5 Å². The van der Waals surface area contributed by atoms with Gasteiger partial charge in [0.05, 0.1) is 0 Å². The van der Waals surface area contributed by atoms with Crippen LogP contribution < -0.4 is 5.32 Å². The van der Waals surface area contributed by atoms with E-state index in [0.29, 0.717) is 6.04 Å².